The molecule has 2 aliphatic heterocycles. The van der Waals surface area contributed by atoms with E-state index in [4.69, 9.17) is 9.47 Å². The predicted molar refractivity (Wildman–Crippen MR) is 58.4 cm³/mol. The van der Waals surface area contributed by atoms with Crippen molar-refractivity contribution in [3.8, 4) is 0 Å². The van der Waals surface area contributed by atoms with Crippen LogP contribution < -0.4 is 0 Å². The van der Waals surface area contributed by atoms with Gasteiger partial charge in [0.15, 0.2) is 6.10 Å². The van der Waals surface area contributed by atoms with E-state index in [2.05, 4.69) is 4.84 Å². The van der Waals surface area contributed by atoms with Crippen molar-refractivity contribution >= 4 is 10.8 Å². The Kier molecular flexibility index (Phi) is 3.95. The third-order valence-corrected chi connectivity index (χ3v) is 4.82. The maximum absolute atomic E-state index is 11.9. The molecule has 0 saturated carbocycles. The van der Waals surface area contributed by atoms with E-state index in [1.165, 1.54) is 0 Å². The van der Waals surface area contributed by atoms with Gasteiger partial charge in [-0.1, -0.05) is 6.92 Å². The summed E-state index contributed by atoms with van der Waals surface area (Å²) in [5, 5.41) is 9.24. The standard InChI is InChI=1S/C9H15NO6S/c1-2-3-17(13)7-5-15-8-6(16-10(11)12)4-14-9(7)8/h6-9H,2-5H2,1H3/t6-,7?,8-,9-,17+/m1/s1. The number of hydrogen-bond donors (Lipinski definition) is 0. The Morgan fingerprint density at radius 3 is 2.76 bits per heavy atom. The molecule has 0 aliphatic carbocycles. The minimum absolute atomic E-state index is 0.121. The van der Waals surface area contributed by atoms with Crippen molar-refractivity contribution in [2.45, 2.75) is 36.9 Å². The zero-order valence-corrected chi connectivity index (χ0v) is 10.3. The molecule has 0 aromatic carbocycles. The molecule has 0 spiro atoms. The summed E-state index contributed by atoms with van der Waals surface area (Å²) in [6.45, 7) is 2.40. The van der Waals surface area contributed by atoms with Crippen LogP contribution in [0.1, 0.15) is 13.3 Å². The Balaban J connectivity index is 1.97. The average molecular weight is 265 g/mol. The van der Waals surface area contributed by atoms with E-state index in [1.807, 2.05) is 6.92 Å². The van der Waals surface area contributed by atoms with Crippen molar-refractivity contribution in [3.63, 3.8) is 0 Å². The van der Waals surface area contributed by atoms with Gasteiger partial charge in [-0.05, 0) is 6.42 Å². The number of ether oxygens (including phenoxy) is 2. The van der Waals surface area contributed by atoms with E-state index in [0.717, 1.165) is 6.42 Å². The quantitative estimate of drug-likeness (QED) is 0.509. The first-order chi connectivity index (χ1) is 8.13. The normalized spacial score (nSPS) is 37.7. The molecule has 0 aromatic heterocycles. The van der Waals surface area contributed by atoms with Gasteiger partial charge in [-0.25, -0.2) is 0 Å². The molecule has 2 fully saturated rings. The Hall–Kier alpha value is -0.730. The summed E-state index contributed by atoms with van der Waals surface area (Å²) in [7, 11) is -1.01. The second-order valence-corrected chi connectivity index (χ2v) is 5.86. The minimum Gasteiger partial charge on any atom is -0.372 e. The lowest BCUT2D eigenvalue weighted by atomic mass is 10.1. The van der Waals surface area contributed by atoms with Crippen LogP contribution in [0, 0.1) is 10.1 Å². The average Bonchev–Trinajstić information content (AvgIpc) is 2.80. The highest BCUT2D eigenvalue weighted by molar-refractivity contribution is 7.85. The summed E-state index contributed by atoms with van der Waals surface area (Å²) in [6.07, 6.45) is -0.674. The molecular formula is C9H15NO6S. The summed E-state index contributed by atoms with van der Waals surface area (Å²) in [6, 6.07) is 0. The molecule has 8 heteroatoms. The van der Waals surface area contributed by atoms with E-state index < -0.39 is 28.1 Å². The fraction of sp³-hybridized carbons (Fsp3) is 1.00. The fourth-order valence-electron chi connectivity index (χ4n) is 2.21. The maximum Gasteiger partial charge on any atom is 0.294 e. The van der Waals surface area contributed by atoms with Crippen LogP contribution in [0.4, 0.5) is 0 Å². The maximum atomic E-state index is 11.9. The van der Waals surface area contributed by atoms with Gasteiger partial charge < -0.3 is 14.3 Å². The van der Waals surface area contributed by atoms with Crippen molar-refractivity contribution in [2.75, 3.05) is 19.0 Å². The molecule has 0 bridgehead atoms. The molecule has 7 nitrogen and oxygen atoms in total. The molecule has 0 amide bonds. The van der Waals surface area contributed by atoms with E-state index in [1.54, 1.807) is 0 Å². The lowest BCUT2D eigenvalue weighted by molar-refractivity contribution is -0.769. The Morgan fingerprint density at radius 2 is 2.12 bits per heavy atom. The molecule has 0 radical (unpaired) electrons. The van der Waals surface area contributed by atoms with Gasteiger partial charge >= 0.3 is 0 Å². The van der Waals surface area contributed by atoms with Crippen LogP contribution in [-0.2, 0) is 25.1 Å². The number of nitrogens with zero attached hydrogens (tertiary/aromatic N) is 1. The van der Waals surface area contributed by atoms with Gasteiger partial charge in [0.25, 0.3) is 5.09 Å². The van der Waals surface area contributed by atoms with Crippen LogP contribution in [0.3, 0.4) is 0 Å². The van der Waals surface area contributed by atoms with E-state index in [9.17, 15) is 14.3 Å². The number of fused-ring (bicyclic) bond motifs is 1. The van der Waals surface area contributed by atoms with Gasteiger partial charge in [-0.2, -0.15) is 0 Å². The molecule has 2 saturated heterocycles. The SMILES string of the molecule is CCC[S@](=O)C1CO[C@H]2[C@@H]1OC[C@H]2O[N+](=O)[O-]. The highest BCUT2D eigenvalue weighted by Gasteiger charge is 2.51. The first-order valence-electron chi connectivity index (χ1n) is 5.55. The zero-order valence-electron chi connectivity index (χ0n) is 9.44. The number of rotatable bonds is 5. The minimum atomic E-state index is -1.01. The molecule has 1 unspecified atom stereocenters. The van der Waals surface area contributed by atoms with Gasteiger partial charge in [0.1, 0.15) is 12.2 Å². The molecule has 17 heavy (non-hydrogen) atoms. The second kappa shape index (κ2) is 5.28. The highest BCUT2D eigenvalue weighted by Crippen LogP contribution is 2.31. The van der Waals surface area contributed by atoms with Crippen LogP contribution >= 0.6 is 0 Å². The summed E-state index contributed by atoms with van der Waals surface area (Å²) < 4.78 is 22.7. The van der Waals surface area contributed by atoms with E-state index in [-0.39, 0.29) is 18.0 Å². The van der Waals surface area contributed by atoms with Gasteiger partial charge in [-0.15, -0.1) is 10.1 Å². The molecule has 2 aliphatic rings. The molecule has 2 heterocycles. The van der Waals surface area contributed by atoms with Crippen molar-refractivity contribution in [1.82, 2.24) is 0 Å². The van der Waals surface area contributed by atoms with Gasteiger partial charge in [-0.3, -0.25) is 4.21 Å². The summed E-state index contributed by atoms with van der Waals surface area (Å²) >= 11 is 0. The third-order valence-electron chi connectivity index (χ3n) is 2.93. The van der Waals surface area contributed by atoms with Gasteiger partial charge in [0.2, 0.25) is 0 Å². The van der Waals surface area contributed by atoms with Crippen molar-refractivity contribution in [1.29, 1.82) is 0 Å². The van der Waals surface area contributed by atoms with Gasteiger partial charge in [0.05, 0.1) is 18.5 Å². The van der Waals surface area contributed by atoms with E-state index >= 15 is 0 Å². The Bertz CT molecular complexity index is 325. The van der Waals surface area contributed by atoms with Gasteiger partial charge in [0, 0.05) is 16.6 Å². The highest BCUT2D eigenvalue weighted by atomic mass is 32.2. The second-order valence-electron chi connectivity index (χ2n) is 4.09. The Labute approximate surface area is 101 Å². The molecule has 98 valence electrons. The van der Waals surface area contributed by atoms with Crippen molar-refractivity contribution in [2.24, 2.45) is 0 Å². The fourth-order valence-corrected chi connectivity index (χ4v) is 3.68. The lowest BCUT2D eigenvalue weighted by Gasteiger charge is -2.15. The van der Waals surface area contributed by atoms with Crippen LogP contribution in [0.5, 0.6) is 0 Å². The van der Waals surface area contributed by atoms with Crippen LogP contribution in [0.25, 0.3) is 0 Å². The van der Waals surface area contributed by atoms with Crippen LogP contribution in [0.2, 0.25) is 0 Å². The Morgan fingerprint density at radius 1 is 1.41 bits per heavy atom. The molecule has 5 atom stereocenters. The largest absolute Gasteiger partial charge is 0.372 e. The number of hydrogen-bond acceptors (Lipinski definition) is 6. The molecule has 0 N–H and O–H groups in total. The van der Waals surface area contributed by atoms with Crippen molar-refractivity contribution < 1.29 is 23.6 Å². The third kappa shape index (κ3) is 2.58. The molecular weight excluding hydrogens is 250 g/mol. The smallest absolute Gasteiger partial charge is 0.294 e. The molecule has 2 rings (SSSR count). The van der Waals surface area contributed by atoms with E-state index in [0.29, 0.717) is 12.4 Å². The molecule has 0 aromatic rings. The van der Waals surface area contributed by atoms with Crippen LogP contribution in [-0.4, -0.2) is 51.8 Å². The first kappa shape index (κ1) is 12.7. The monoisotopic (exact) mass is 265 g/mol. The summed E-state index contributed by atoms with van der Waals surface area (Å²) in [4.78, 5) is 14.8. The first-order valence-corrected chi connectivity index (χ1v) is 6.93. The summed E-state index contributed by atoms with van der Waals surface area (Å²) in [5.74, 6) is 0.599. The predicted octanol–water partition coefficient (Wildman–Crippen LogP) is -0.112. The summed E-state index contributed by atoms with van der Waals surface area (Å²) in [5.41, 5.74) is 0. The zero-order chi connectivity index (χ0) is 12.4. The van der Waals surface area contributed by atoms with Crippen molar-refractivity contribution in [3.05, 3.63) is 10.1 Å². The lowest BCUT2D eigenvalue weighted by Crippen LogP contribution is -2.36. The van der Waals surface area contributed by atoms with Crippen LogP contribution in [0.15, 0.2) is 0 Å². The topological polar surface area (TPSA) is 87.9 Å².